The van der Waals surface area contributed by atoms with Crippen LogP contribution in [0.3, 0.4) is 0 Å². The lowest BCUT2D eigenvalue weighted by Gasteiger charge is -2.38. The normalized spacial score (nSPS) is 23.9. The van der Waals surface area contributed by atoms with E-state index in [0.717, 1.165) is 16.7 Å². The number of thioether (sulfide) groups is 2. The molecule has 0 spiro atoms. The van der Waals surface area contributed by atoms with Crippen LogP contribution in [-0.2, 0) is 19.8 Å². The summed E-state index contributed by atoms with van der Waals surface area (Å²) in [7, 11) is 0. The minimum absolute atomic E-state index is 0.0593. The van der Waals surface area contributed by atoms with Gasteiger partial charge in [0.05, 0.1) is 11.9 Å². The van der Waals surface area contributed by atoms with Crippen molar-refractivity contribution in [3.63, 3.8) is 0 Å². The molecule has 34 heavy (non-hydrogen) atoms. The van der Waals surface area contributed by atoms with Gasteiger partial charge in [-0.05, 0) is 42.9 Å². The average Bonchev–Trinajstić information content (AvgIpc) is 3.20. The lowest BCUT2D eigenvalue weighted by molar-refractivity contribution is -0.144. The van der Waals surface area contributed by atoms with Gasteiger partial charge in [0.25, 0.3) is 0 Å². The van der Waals surface area contributed by atoms with Crippen molar-refractivity contribution >= 4 is 23.5 Å². The van der Waals surface area contributed by atoms with E-state index < -0.39 is 11.4 Å². The van der Waals surface area contributed by atoms with Gasteiger partial charge in [-0.1, -0.05) is 91.0 Å². The van der Waals surface area contributed by atoms with Gasteiger partial charge in [0, 0.05) is 4.24 Å². The quantitative estimate of drug-likeness (QED) is 0.338. The molecular weight excluding hydrogens is 460 g/mol. The minimum Gasteiger partial charge on any atom is -0.360 e. The molecule has 3 aromatic carbocycles. The van der Waals surface area contributed by atoms with Crippen molar-refractivity contribution < 1.29 is 14.2 Å². The third kappa shape index (κ3) is 4.60. The highest BCUT2D eigenvalue weighted by Gasteiger charge is 2.48. The predicted octanol–water partition coefficient (Wildman–Crippen LogP) is 6.84. The van der Waals surface area contributed by atoms with Crippen LogP contribution in [0.5, 0.6) is 0 Å². The maximum atomic E-state index is 7.10. The molecule has 0 aliphatic carbocycles. The summed E-state index contributed by atoms with van der Waals surface area (Å²) < 4.78 is 20.9. The molecule has 0 aromatic heterocycles. The Bertz CT molecular complexity index is 1020. The van der Waals surface area contributed by atoms with E-state index in [0.29, 0.717) is 6.61 Å². The first-order valence-electron chi connectivity index (χ1n) is 11.6. The minimum atomic E-state index is -0.741. The van der Waals surface area contributed by atoms with E-state index in [1.54, 1.807) is 11.8 Å². The van der Waals surface area contributed by atoms with Gasteiger partial charge in [-0.25, -0.2) is 0 Å². The van der Waals surface area contributed by atoms with Gasteiger partial charge < -0.3 is 14.2 Å². The Morgan fingerprint density at radius 1 is 0.824 bits per heavy atom. The lowest BCUT2D eigenvalue weighted by Crippen LogP contribution is -2.42. The SMILES string of the molecule is CSC1=C[C@@H]2OC(C)(C)O[C@@H]2[C@H](COC(c2ccccc2)(c2ccccc2)c2ccccc2)S1. The van der Waals surface area contributed by atoms with Crippen LogP contribution in [0.4, 0.5) is 0 Å². The number of benzene rings is 3. The monoisotopic (exact) mass is 490 g/mol. The van der Waals surface area contributed by atoms with Crippen molar-refractivity contribution in [1.29, 1.82) is 0 Å². The summed E-state index contributed by atoms with van der Waals surface area (Å²) >= 11 is 3.58. The summed E-state index contributed by atoms with van der Waals surface area (Å²) in [5, 5.41) is 0.106. The Labute approximate surface area is 210 Å². The third-order valence-electron chi connectivity index (χ3n) is 6.30. The van der Waals surface area contributed by atoms with Crippen molar-refractivity contribution in [1.82, 2.24) is 0 Å². The van der Waals surface area contributed by atoms with E-state index in [9.17, 15) is 0 Å². The largest absolute Gasteiger partial charge is 0.360 e. The zero-order valence-electron chi connectivity index (χ0n) is 19.7. The maximum absolute atomic E-state index is 7.10. The average molecular weight is 491 g/mol. The molecule has 3 aromatic rings. The lowest BCUT2D eigenvalue weighted by atomic mass is 9.80. The topological polar surface area (TPSA) is 27.7 Å². The number of ether oxygens (including phenoxy) is 3. The van der Waals surface area contributed by atoms with Crippen LogP contribution >= 0.6 is 23.5 Å². The fraction of sp³-hybridized carbons (Fsp3) is 0.310. The second-order valence-corrected chi connectivity index (χ2v) is 11.4. The van der Waals surface area contributed by atoms with Crippen molar-refractivity contribution in [3.8, 4) is 0 Å². The maximum Gasteiger partial charge on any atom is 0.164 e. The summed E-state index contributed by atoms with van der Waals surface area (Å²) in [6.07, 6.45) is 4.19. The molecule has 0 saturated carbocycles. The Hall–Kier alpha value is -2.02. The van der Waals surface area contributed by atoms with Gasteiger partial charge in [-0.15, -0.1) is 23.5 Å². The molecule has 2 aliphatic heterocycles. The summed E-state index contributed by atoms with van der Waals surface area (Å²) in [5.41, 5.74) is 2.58. The Morgan fingerprint density at radius 2 is 1.32 bits per heavy atom. The summed E-state index contributed by atoms with van der Waals surface area (Å²) in [4.78, 5) is 0. The Morgan fingerprint density at radius 3 is 1.79 bits per heavy atom. The number of hydrogen-bond donors (Lipinski definition) is 0. The molecule has 2 aliphatic rings. The number of fused-ring (bicyclic) bond motifs is 1. The molecule has 0 radical (unpaired) electrons. The van der Waals surface area contributed by atoms with Crippen LogP contribution in [0.25, 0.3) is 0 Å². The molecular formula is C29H30O3S2. The summed E-state index contributed by atoms with van der Waals surface area (Å²) in [5.74, 6) is -0.603. The van der Waals surface area contributed by atoms with Gasteiger partial charge in [0.15, 0.2) is 5.79 Å². The standard InChI is InChI=1S/C29H30O3S2/c1-28(2)31-24-19-26(33-3)34-25(27(24)32-28)20-30-29(21-13-7-4-8-14-21,22-15-9-5-10-16-22)23-17-11-6-12-18-23/h4-19,24-25,27H,20H2,1-3H3/t24-,25-,27-/m0/s1. The van der Waals surface area contributed by atoms with Gasteiger partial charge >= 0.3 is 0 Å². The predicted molar refractivity (Wildman–Crippen MR) is 142 cm³/mol. The van der Waals surface area contributed by atoms with E-state index in [2.05, 4.69) is 85.1 Å². The van der Waals surface area contributed by atoms with E-state index in [4.69, 9.17) is 14.2 Å². The smallest absolute Gasteiger partial charge is 0.164 e. The molecule has 1 saturated heterocycles. The summed E-state index contributed by atoms with van der Waals surface area (Å²) in [6.45, 7) is 4.49. The molecule has 0 bridgehead atoms. The second kappa shape index (κ2) is 9.92. The molecule has 2 heterocycles. The first-order valence-corrected chi connectivity index (χ1v) is 13.7. The van der Waals surface area contributed by atoms with Gasteiger partial charge in [0.1, 0.15) is 17.8 Å². The zero-order chi connectivity index (χ0) is 23.6. The molecule has 0 unspecified atom stereocenters. The third-order valence-corrected chi connectivity index (χ3v) is 8.71. The van der Waals surface area contributed by atoms with Crippen molar-refractivity contribution in [2.45, 2.75) is 42.7 Å². The molecule has 3 nitrogen and oxygen atoms in total. The van der Waals surface area contributed by atoms with Gasteiger partial charge in [-0.2, -0.15) is 0 Å². The van der Waals surface area contributed by atoms with Crippen molar-refractivity contribution in [2.24, 2.45) is 0 Å². The molecule has 176 valence electrons. The number of hydrogen-bond acceptors (Lipinski definition) is 5. The van der Waals surface area contributed by atoms with Crippen LogP contribution in [0, 0.1) is 0 Å². The highest BCUT2D eigenvalue weighted by Crippen LogP contribution is 2.47. The zero-order valence-corrected chi connectivity index (χ0v) is 21.4. The first-order chi connectivity index (χ1) is 16.5. The van der Waals surface area contributed by atoms with E-state index >= 15 is 0 Å². The van der Waals surface area contributed by atoms with E-state index in [-0.39, 0.29) is 17.5 Å². The Kier molecular flexibility index (Phi) is 6.92. The van der Waals surface area contributed by atoms with Crippen LogP contribution in [0.1, 0.15) is 30.5 Å². The van der Waals surface area contributed by atoms with Crippen LogP contribution in [0.15, 0.2) is 101 Å². The molecule has 5 rings (SSSR count). The fourth-order valence-electron chi connectivity index (χ4n) is 4.84. The van der Waals surface area contributed by atoms with Crippen molar-refractivity contribution in [3.05, 3.63) is 118 Å². The second-order valence-electron chi connectivity index (χ2n) is 9.00. The van der Waals surface area contributed by atoms with Crippen LogP contribution in [-0.4, -0.2) is 36.1 Å². The van der Waals surface area contributed by atoms with Gasteiger partial charge in [-0.3, -0.25) is 0 Å². The molecule has 3 atom stereocenters. The molecule has 0 amide bonds. The highest BCUT2D eigenvalue weighted by molar-refractivity contribution is 8.22. The van der Waals surface area contributed by atoms with Crippen molar-refractivity contribution in [2.75, 3.05) is 12.9 Å². The van der Waals surface area contributed by atoms with Gasteiger partial charge in [0.2, 0.25) is 0 Å². The Balaban J connectivity index is 1.56. The molecule has 0 N–H and O–H groups in total. The first kappa shape index (κ1) is 23.7. The summed E-state index contributed by atoms with van der Waals surface area (Å²) in [6, 6.07) is 31.6. The van der Waals surface area contributed by atoms with E-state index in [1.165, 1.54) is 4.24 Å². The van der Waals surface area contributed by atoms with Crippen LogP contribution < -0.4 is 0 Å². The van der Waals surface area contributed by atoms with E-state index in [1.807, 2.05) is 43.8 Å². The number of rotatable bonds is 7. The fourth-order valence-corrected chi connectivity index (χ4v) is 6.86. The molecule has 1 fully saturated rings. The highest BCUT2D eigenvalue weighted by atomic mass is 32.2. The molecule has 5 heteroatoms. The van der Waals surface area contributed by atoms with Crippen LogP contribution in [0.2, 0.25) is 0 Å².